The molecule has 0 bridgehead atoms. The molecule has 2 aliphatic rings. The van der Waals surface area contributed by atoms with Crippen molar-refractivity contribution in [2.45, 2.75) is 99.0 Å². The van der Waals surface area contributed by atoms with Gasteiger partial charge in [-0.25, -0.2) is 0 Å². The Kier molecular flexibility index (Phi) is 8.85. The lowest BCUT2D eigenvalue weighted by molar-refractivity contribution is -0.145. The molecule has 1 saturated carbocycles. The maximum absolute atomic E-state index is 13.4. The summed E-state index contributed by atoms with van der Waals surface area (Å²) in [4.78, 5) is 27.8. The lowest BCUT2D eigenvalue weighted by Gasteiger charge is -2.52. The zero-order chi connectivity index (χ0) is 22.5. The lowest BCUT2D eigenvalue weighted by Crippen LogP contribution is -2.59. The number of nitrogens with zero attached hydrogens (tertiary/aromatic N) is 1. The number of piperidine rings is 1. The molecule has 0 unspecified atom stereocenters. The Bertz CT molecular complexity index is 639. The van der Waals surface area contributed by atoms with Gasteiger partial charge in [-0.05, 0) is 55.3 Å². The number of carbonyl (C=O) groups excluding carboxylic acids is 2. The molecule has 4 nitrogen and oxygen atoms in total. The normalized spacial score (nSPS) is 25.7. The van der Waals surface area contributed by atoms with Crippen LogP contribution in [-0.2, 0) is 9.59 Å². The maximum atomic E-state index is 13.4. The van der Waals surface area contributed by atoms with Gasteiger partial charge in [0.1, 0.15) is 6.04 Å². The van der Waals surface area contributed by atoms with E-state index in [0.29, 0.717) is 0 Å². The molecule has 2 fully saturated rings. The van der Waals surface area contributed by atoms with E-state index in [2.05, 4.69) is 39.1 Å². The van der Waals surface area contributed by atoms with Crippen molar-refractivity contribution in [1.29, 1.82) is 0 Å². The molecule has 0 aromatic carbocycles. The van der Waals surface area contributed by atoms with Gasteiger partial charge in [0.2, 0.25) is 11.8 Å². The molecule has 0 aromatic heterocycles. The van der Waals surface area contributed by atoms with Gasteiger partial charge in [0.05, 0.1) is 0 Å². The fraction of sp³-hybridized carbons (Fsp3) is 0.840. The molecule has 0 radical (unpaired) electrons. The summed E-state index contributed by atoms with van der Waals surface area (Å²) in [6, 6.07) is -0.422. The van der Waals surface area contributed by atoms with Crippen LogP contribution < -0.4 is 5.32 Å². The highest BCUT2D eigenvalue weighted by molar-refractivity contribution is 6.29. The van der Waals surface area contributed by atoms with Crippen molar-refractivity contribution in [2.75, 3.05) is 13.1 Å². The van der Waals surface area contributed by atoms with Crippen molar-refractivity contribution >= 4 is 23.4 Å². The zero-order valence-electron chi connectivity index (χ0n) is 20.0. The van der Waals surface area contributed by atoms with Crippen LogP contribution in [0.2, 0.25) is 0 Å². The highest BCUT2D eigenvalue weighted by Crippen LogP contribution is 2.49. The first-order valence-corrected chi connectivity index (χ1v) is 12.3. The van der Waals surface area contributed by atoms with Crippen LogP contribution in [-0.4, -0.2) is 35.8 Å². The van der Waals surface area contributed by atoms with E-state index in [4.69, 9.17) is 11.6 Å². The fourth-order valence-corrected chi connectivity index (χ4v) is 4.96. The SMILES string of the molecule is CCC/C(Cl)=C\CC[C@@]1(C)CCN(C(=O)[C@H](NC(=O)C2CCC2)C(C)C)CC1(C)C. The minimum atomic E-state index is -0.422. The second-order valence-corrected chi connectivity index (χ2v) is 11.2. The molecule has 1 aliphatic carbocycles. The molecule has 172 valence electrons. The Labute approximate surface area is 189 Å². The monoisotopic (exact) mass is 438 g/mol. The molecular weight excluding hydrogens is 396 g/mol. The van der Waals surface area contributed by atoms with Gasteiger partial charge in [0, 0.05) is 24.0 Å². The molecule has 1 N–H and O–H groups in total. The predicted octanol–water partition coefficient (Wildman–Crippen LogP) is 5.90. The summed E-state index contributed by atoms with van der Waals surface area (Å²) >= 11 is 6.30. The smallest absolute Gasteiger partial charge is 0.245 e. The number of carbonyl (C=O) groups is 2. The Morgan fingerprint density at radius 1 is 1.23 bits per heavy atom. The summed E-state index contributed by atoms with van der Waals surface area (Å²) < 4.78 is 0. The Morgan fingerprint density at radius 3 is 2.40 bits per heavy atom. The molecule has 2 atom stereocenters. The van der Waals surface area contributed by atoms with Gasteiger partial charge in [0.15, 0.2) is 0 Å². The minimum Gasteiger partial charge on any atom is -0.344 e. The van der Waals surface area contributed by atoms with Crippen LogP contribution in [0.25, 0.3) is 0 Å². The van der Waals surface area contributed by atoms with Gasteiger partial charge in [-0.15, -0.1) is 0 Å². The van der Waals surface area contributed by atoms with Crippen LogP contribution in [0.3, 0.4) is 0 Å². The average molecular weight is 439 g/mol. The number of hydrogen-bond acceptors (Lipinski definition) is 2. The summed E-state index contributed by atoms with van der Waals surface area (Å²) in [5, 5.41) is 4.04. The molecule has 30 heavy (non-hydrogen) atoms. The third-order valence-corrected chi connectivity index (χ3v) is 8.07. The van der Waals surface area contributed by atoms with Crippen molar-refractivity contribution in [3.63, 3.8) is 0 Å². The van der Waals surface area contributed by atoms with Crippen LogP contribution in [0.15, 0.2) is 11.1 Å². The first kappa shape index (κ1) is 25.2. The number of rotatable bonds is 9. The third-order valence-electron chi connectivity index (χ3n) is 7.72. The average Bonchev–Trinajstić information content (AvgIpc) is 2.60. The molecule has 2 amide bonds. The van der Waals surface area contributed by atoms with Crippen LogP contribution in [0.5, 0.6) is 0 Å². The highest BCUT2D eigenvalue weighted by Gasteiger charge is 2.46. The third kappa shape index (κ3) is 6.02. The largest absolute Gasteiger partial charge is 0.344 e. The first-order chi connectivity index (χ1) is 14.0. The van der Waals surface area contributed by atoms with Gasteiger partial charge < -0.3 is 10.2 Å². The number of amides is 2. The number of hydrogen-bond donors (Lipinski definition) is 1. The number of allylic oxidation sites excluding steroid dienone is 2. The molecule has 1 aliphatic heterocycles. The van der Waals surface area contributed by atoms with E-state index in [9.17, 15) is 9.59 Å². The van der Waals surface area contributed by atoms with Gasteiger partial charge in [-0.2, -0.15) is 0 Å². The quantitative estimate of drug-likeness (QED) is 0.487. The van der Waals surface area contributed by atoms with Crippen LogP contribution in [0.1, 0.15) is 92.9 Å². The minimum absolute atomic E-state index is 0.00545. The second-order valence-electron chi connectivity index (χ2n) is 10.8. The summed E-state index contributed by atoms with van der Waals surface area (Å²) in [6.45, 7) is 14.6. The van der Waals surface area contributed by atoms with Crippen LogP contribution in [0.4, 0.5) is 0 Å². The number of halogens is 1. The van der Waals surface area contributed by atoms with Crippen LogP contribution >= 0.6 is 11.6 Å². The molecule has 1 saturated heterocycles. The van der Waals surface area contributed by atoms with Crippen molar-refractivity contribution in [2.24, 2.45) is 22.7 Å². The van der Waals surface area contributed by atoms with E-state index in [-0.39, 0.29) is 34.5 Å². The Morgan fingerprint density at radius 2 is 1.90 bits per heavy atom. The molecule has 1 heterocycles. The number of likely N-dealkylation sites (tertiary alicyclic amines) is 1. The lowest BCUT2D eigenvalue weighted by atomic mass is 9.60. The van der Waals surface area contributed by atoms with E-state index >= 15 is 0 Å². The molecule has 5 heteroatoms. The Hall–Kier alpha value is -1.03. The maximum Gasteiger partial charge on any atom is 0.245 e. The van der Waals surface area contributed by atoms with Crippen molar-refractivity contribution in [3.8, 4) is 0 Å². The van der Waals surface area contributed by atoms with E-state index in [0.717, 1.165) is 69.5 Å². The van der Waals surface area contributed by atoms with E-state index in [1.807, 2.05) is 18.7 Å². The molecule has 0 spiro atoms. The standard InChI is InChI=1S/C25H43ClN2O2/c1-7-10-20(26)13-9-14-25(6)15-16-28(17-24(25,4)5)23(30)21(18(2)3)27-22(29)19-11-8-12-19/h13,18-19,21H,7-12,14-17H2,1-6H3,(H,27,29)/b20-13+/t21-,25+/m1/s1. The predicted molar refractivity (Wildman–Crippen MR) is 125 cm³/mol. The number of nitrogens with one attached hydrogen (secondary N) is 1. The van der Waals surface area contributed by atoms with Crippen molar-refractivity contribution in [3.05, 3.63) is 11.1 Å². The van der Waals surface area contributed by atoms with Crippen molar-refractivity contribution < 1.29 is 9.59 Å². The summed E-state index contributed by atoms with van der Waals surface area (Å²) in [6.07, 6.45) is 10.3. The molecule has 0 aromatic rings. The Balaban J connectivity index is 2.00. The van der Waals surface area contributed by atoms with E-state index in [1.54, 1.807) is 0 Å². The molecular formula is C25H43ClN2O2. The van der Waals surface area contributed by atoms with Crippen molar-refractivity contribution in [1.82, 2.24) is 10.2 Å². The van der Waals surface area contributed by atoms with Gasteiger partial charge in [-0.1, -0.05) is 72.1 Å². The second kappa shape index (κ2) is 10.5. The summed E-state index contributed by atoms with van der Waals surface area (Å²) in [5.74, 6) is 0.334. The topological polar surface area (TPSA) is 49.4 Å². The van der Waals surface area contributed by atoms with E-state index in [1.165, 1.54) is 0 Å². The van der Waals surface area contributed by atoms with E-state index < -0.39 is 6.04 Å². The van der Waals surface area contributed by atoms with Gasteiger partial charge >= 0.3 is 0 Å². The molecule has 2 rings (SSSR count). The van der Waals surface area contributed by atoms with Gasteiger partial charge in [0.25, 0.3) is 0 Å². The van der Waals surface area contributed by atoms with Crippen LogP contribution in [0, 0.1) is 22.7 Å². The first-order valence-electron chi connectivity index (χ1n) is 11.9. The highest BCUT2D eigenvalue weighted by atomic mass is 35.5. The van der Waals surface area contributed by atoms with Gasteiger partial charge in [-0.3, -0.25) is 9.59 Å². The fourth-order valence-electron chi connectivity index (χ4n) is 4.66. The summed E-state index contributed by atoms with van der Waals surface area (Å²) in [7, 11) is 0. The summed E-state index contributed by atoms with van der Waals surface area (Å²) in [5.41, 5.74) is 0.164. The zero-order valence-corrected chi connectivity index (χ0v) is 20.8.